The number of amides is 1. The fourth-order valence-electron chi connectivity index (χ4n) is 1.24. The van der Waals surface area contributed by atoms with Crippen molar-refractivity contribution in [3.8, 4) is 0 Å². The molecular weight excluding hydrogens is 200 g/mol. The Balaban J connectivity index is 0.000000921. The van der Waals surface area contributed by atoms with E-state index in [0.29, 0.717) is 17.7 Å². The second kappa shape index (κ2) is 5.92. The smallest absolute Gasteiger partial charge is 0.267 e. The summed E-state index contributed by atoms with van der Waals surface area (Å²) >= 11 is 0. The number of hydrogen-bond donors (Lipinski definition) is 2. The average molecular weight is 214 g/mol. The lowest BCUT2D eigenvalue weighted by Gasteiger charge is -1.99. The highest BCUT2D eigenvalue weighted by molar-refractivity contribution is 5.85. The number of nitro groups is 1. The zero-order valence-electron chi connectivity index (χ0n) is 8.74. The Kier molecular flexibility index (Phi) is 5.25. The topological polar surface area (TPSA) is 92.5 Å². The number of carbonyl (C=O) groups excluding carboxylic acids is 1. The third-order valence-electron chi connectivity index (χ3n) is 1.91. The van der Waals surface area contributed by atoms with Gasteiger partial charge in [0.25, 0.3) is 5.70 Å². The lowest BCUT2D eigenvalue weighted by atomic mass is 10.1. The predicted molar refractivity (Wildman–Crippen MR) is 54.4 cm³/mol. The van der Waals surface area contributed by atoms with Crippen LogP contribution in [-0.4, -0.2) is 23.0 Å². The van der Waals surface area contributed by atoms with Gasteiger partial charge in [0.2, 0.25) is 5.91 Å². The number of nitrogens with one attached hydrogen (secondary N) is 1. The summed E-state index contributed by atoms with van der Waals surface area (Å²) in [7, 11) is 1.00. The van der Waals surface area contributed by atoms with E-state index in [0.717, 1.165) is 7.11 Å². The molecule has 1 aliphatic rings. The second-order valence-electron chi connectivity index (χ2n) is 2.74. The van der Waals surface area contributed by atoms with Crippen molar-refractivity contribution in [2.24, 2.45) is 0 Å². The van der Waals surface area contributed by atoms with Crippen molar-refractivity contribution < 1.29 is 14.8 Å². The maximum absolute atomic E-state index is 10.9. The van der Waals surface area contributed by atoms with Gasteiger partial charge in [0.05, 0.1) is 16.9 Å². The van der Waals surface area contributed by atoms with E-state index in [-0.39, 0.29) is 18.0 Å². The first-order valence-corrected chi connectivity index (χ1v) is 4.36. The molecule has 0 fully saturated rings. The minimum absolute atomic E-state index is 0.0724. The average Bonchev–Trinajstić information content (AvgIpc) is 2.61. The van der Waals surface area contributed by atoms with Crippen LogP contribution < -0.4 is 5.32 Å². The van der Waals surface area contributed by atoms with Crippen molar-refractivity contribution in [2.75, 3.05) is 7.11 Å². The zero-order valence-corrected chi connectivity index (χ0v) is 8.74. The highest BCUT2D eigenvalue weighted by Gasteiger charge is 2.27. The van der Waals surface area contributed by atoms with Crippen molar-refractivity contribution in [3.63, 3.8) is 0 Å². The van der Waals surface area contributed by atoms with E-state index in [1.54, 1.807) is 0 Å². The maximum atomic E-state index is 10.9. The summed E-state index contributed by atoms with van der Waals surface area (Å²) in [5, 5.41) is 20.0. The molecule has 0 radical (unpaired) electrons. The molecule has 0 aliphatic carbocycles. The number of nitrogens with zero attached hydrogens (tertiary/aromatic N) is 1. The largest absolute Gasteiger partial charge is 0.400 e. The van der Waals surface area contributed by atoms with Crippen LogP contribution in [-0.2, 0) is 4.79 Å². The summed E-state index contributed by atoms with van der Waals surface area (Å²) < 4.78 is 0. The Morgan fingerprint density at radius 2 is 2.20 bits per heavy atom. The van der Waals surface area contributed by atoms with Gasteiger partial charge < -0.3 is 10.4 Å². The molecular formula is C9H14N2O4. The van der Waals surface area contributed by atoms with E-state index in [2.05, 4.69) is 11.9 Å². The minimum Gasteiger partial charge on any atom is -0.400 e. The Hall–Kier alpha value is -1.69. The molecule has 1 aliphatic heterocycles. The summed E-state index contributed by atoms with van der Waals surface area (Å²) in [4.78, 5) is 20.8. The van der Waals surface area contributed by atoms with Crippen molar-refractivity contribution in [2.45, 2.75) is 19.8 Å². The lowest BCUT2D eigenvalue weighted by Crippen LogP contribution is -2.14. The molecule has 0 bridgehead atoms. The van der Waals surface area contributed by atoms with Gasteiger partial charge >= 0.3 is 0 Å². The molecule has 2 N–H and O–H groups in total. The number of hydrogen-bond acceptors (Lipinski definition) is 4. The van der Waals surface area contributed by atoms with Crippen LogP contribution in [0.2, 0.25) is 0 Å². The lowest BCUT2D eigenvalue weighted by molar-refractivity contribution is -0.420. The highest BCUT2D eigenvalue weighted by atomic mass is 16.6. The molecule has 1 rings (SSSR count). The predicted octanol–water partition coefficient (Wildman–Crippen LogP) is 0.569. The molecule has 1 heterocycles. The standard InChI is InChI=1S/C8H10N2O3.CH4O/c1-3-7-6(4-8(11)9-7)5(2)10(12)13;1-2/h2-4H2,1H3,(H,9,11);2H,1H3. The maximum Gasteiger partial charge on any atom is 0.267 e. The van der Waals surface area contributed by atoms with Crippen LogP contribution in [0, 0.1) is 10.1 Å². The van der Waals surface area contributed by atoms with E-state index in [9.17, 15) is 14.9 Å². The quantitative estimate of drug-likeness (QED) is 0.530. The van der Waals surface area contributed by atoms with Crippen molar-refractivity contribution in [1.82, 2.24) is 5.32 Å². The third-order valence-corrected chi connectivity index (χ3v) is 1.91. The number of carbonyl (C=O) groups is 1. The number of aliphatic hydroxyl groups is 1. The van der Waals surface area contributed by atoms with E-state index in [1.807, 2.05) is 6.92 Å². The van der Waals surface area contributed by atoms with Gasteiger partial charge in [0, 0.05) is 12.8 Å². The van der Waals surface area contributed by atoms with Crippen molar-refractivity contribution >= 4 is 5.91 Å². The number of aliphatic hydroxyl groups excluding tert-OH is 1. The van der Waals surface area contributed by atoms with Crippen LogP contribution >= 0.6 is 0 Å². The van der Waals surface area contributed by atoms with Gasteiger partial charge in [0.1, 0.15) is 0 Å². The second-order valence-corrected chi connectivity index (χ2v) is 2.74. The Morgan fingerprint density at radius 3 is 2.60 bits per heavy atom. The molecule has 0 aromatic carbocycles. The molecule has 0 saturated carbocycles. The monoisotopic (exact) mass is 214 g/mol. The van der Waals surface area contributed by atoms with Crippen molar-refractivity contribution in [1.29, 1.82) is 0 Å². The first-order valence-electron chi connectivity index (χ1n) is 4.36. The van der Waals surface area contributed by atoms with E-state index < -0.39 is 4.92 Å². The molecule has 15 heavy (non-hydrogen) atoms. The van der Waals surface area contributed by atoms with Crippen LogP contribution in [0.1, 0.15) is 19.8 Å². The van der Waals surface area contributed by atoms with Crippen LogP contribution in [0.5, 0.6) is 0 Å². The van der Waals surface area contributed by atoms with Crippen LogP contribution in [0.25, 0.3) is 0 Å². The molecule has 6 heteroatoms. The number of allylic oxidation sites excluding steroid dienone is 2. The van der Waals surface area contributed by atoms with Crippen LogP contribution in [0.4, 0.5) is 0 Å². The van der Waals surface area contributed by atoms with Gasteiger partial charge in [-0.3, -0.25) is 14.9 Å². The van der Waals surface area contributed by atoms with Gasteiger partial charge in [-0.05, 0) is 13.0 Å². The summed E-state index contributed by atoms with van der Waals surface area (Å²) in [6.07, 6.45) is 0.650. The summed E-state index contributed by atoms with van der Waals surface area (Å²) in [5.41, 5.74) is 0.861. The molecule has 0 aromatic rings. The normalized spacial score (nSPS) is 14.2. The fraction of sp³-hybridized carbons (Fsp3) is 0.444. The molecule has 0 aromatic heterocycles. The zero-order chi connectivity index (χ0) is 12.0. The van der Waals surface area contributed by atoms with Crippen LogP contribution in [0.15, 0.2) is 23.5 Å². The summed E-state index contributed by atoms with van der Waals surface area (Å²) in [5.74, 6) is -0.199. The van der Waals surface area contributed by atoms with E-state index >= 15 is 0 Å². The van der Waals surface area contributed by atoms with E-state index in [1.165, 1.54) is 0 Å². The fourth-order valence-corrected chi connectivity index (χ4v) is 1.24. The molecule has 84 valence electrons. The number of rotatable bonds is 3. The molecule has 1 amide bonds. The molecule has 6 nitrogen and oxygen atoms in total. The van der Waals surface area contributed by atoms with Gasteiger partial charge in [-0.1, -0.05) is 6.92 Å². The van der Waals surface area contributed by atoms with E-state index in [4.69, 9.17) is 5.11 Å². The Bertz CT molecular complexity index is 320. The molecule has 0 unspecified atom stereocenters. The Morgan fingerprint density at radius 1 is 1.67 bits per heavy atom. The highest BCUT2D eigenvalue weighted by Crippen LogP contribution is 2.23. The van der Waals surface area contributed by atoms with Gasteiger partial charge in [0.15, 0.2) is 0 Å². The molecule has 0 atom stereocenters. The first-order chi connectivity index (χ1) is 7.06. The van der Waals surface area contributed by atoms with Gasteiger partial charge in [-0.2, -0.15) is 0 Å². The SMILES string of the molecule is C=C(C1=C(CC)NC(=O)C1)[N+](=O)[O-].CO. The minimum atomic E-state index is -0.564. The third kappa shape index (κ3) is 3.17. The molecule has 0 spiro atoms. The Labute approximate surface area is 87.4 Å². The first kappa shape index (κ1) is 13.3. The van der Waals surface area contributed by atoms with Gasteiger partial charge in [-0.25, -0.2) is 0 Å². The van der Waals surface area contributed by atoms with Crippen molar-refractivity contribution in [3.05, 3.63) is 33.7 Å². The van der Waals surface area contributed by atoms with Gasteiger partial charge in [-0.15, -0.1) is 0 Å². The van der Waals surface area contributed by atoms with Crippen LogP contribution in [0.3, 0.4) is 0 Å². The molecule has 0 saturated heterocycles. The summed E-state index contributed by atoms with van der Waals surface area (Å²) in [6.45, 7) is 5.15. The summed E-state index contributed by atoms with van der Waals surface area (Å²) in [6, 6.07) is 0.